The van der Waals surface area contributed by atoms with Crippen LogP contribution >= 0.6 is 11.3 Å². The molecular weight excluding hydrogens is 322 g/mol. The van der Waals surface area contributed by atoms with E-state index in [1.165, 1.54) is 6.92 Å². The molecule has 0 spiro atoms. The van der Waals surface area contributed by atoms with Crippen molar-refractivity contribution in [3.05, 3.63) is 35.3 Å². The first kappa shape index (κ1) is 18.1. The number of hydrogen-bond acceptors (Lipinski definition) is 4. The Morgan fingerprint density at radius 3 is 2.67 bits per heavy atom. The second kappa shape index (κ2) is 7.57. The molecule has 128 valence electrons. The van der Waals surface area contributed by atoms with E-state index in [-0.39, 0.29) is 17.2 Å². The van der Waals surface area contributed by atoms with Gasteiger partial charge < -0.3 is 10.6 Å². The number of hydrogen-bond donors (Lipinski definition) is 2. The lowest BCUT2D eigenvalue weighted by Crippen LogP contribution is -2.35. The van der Waals surface area contributed by atoms with Gasteiger partial charge in [0.15, 0.2) is 0 Å². The van der Waals surface area contributed by atoms with Gasteiger partial charge in [-0.3, -0.25) is 9.59 Å². The Morgan fingerprint density at radius 2 is 2.00 bits per heavy atom. The van der Waals surface area contributed by atoms with Crippen molar-refractivity contribution in [3.8, 4) is 10.6 Å². The maximum absolute atomic E-state index is 11.8. The number of amides is 2. The third-order valence-corrected chi connectivity index (χ3v) is 4.27. The lowest BCUT2D eigenvalue weighted by atomic mass is 9.96. The summed E-state index contributed by atoms with van der Waals surface area (Å²) < 4.78 is 0. The first-order chi connectivity index (χ1) is 11.3. The van der Waals surface area contributed by atoms with E-state index in [0.717, 1.165) is 22.0 Å². The van der Waals surface area contributed by atoms with Crippen molar-refractivity contribution in [2.75, 3.05) is 11.9 Å². The predicted molar refractivity (Wildman–Crippen MR) is 98.0 cm³/mol. The molecule has 2 amide bonds. The lowest BCUT2D eigenvalue weighted by Gasteiger charge is -2.17. The third kappa shape index (κ3) is 5.16. The molecule has 0 aliphatic carbocycles. The van der Waals surface area contributed by atoms with E-state index < -0.39 is 0 Å². The standard InChI is InChI=1S/C18H23N3O2S/c1-12(22)20-14-7-5-6-13(10-14)16-21-15(11-24-16)8-9-19-17(23)18(2,3)4/h5-7,10-11H,8-9H2,1-4H3,(H,19,23)(H,20,22). The van der Waals surface area contributed by atoms with Gasteiger partial charge in [-0.2, -0.15) is 0 Å². The van der Waals surface area contributed by atoms with Gasteiger partial charge in [0.25, 0.3) is 0 Å². The molecule has 0 saturated carbocycles. The number of carbonyl (C=O) groups is 2. The fourth-order valence-corrected chi connectivity index (χ4v) is 2.91. The van der Waals surface area contributed by atoms with Crippen LogP contribution in [0, 0.1) is 5.41 Å². The fraction of sp³-hybridized carbons (Fsp3) is 0.389. The van der Waals surface area contributed by atoms with Gasteiger partial charge in [0.1, 0.15) is 5.01 Å². The number of anilines is 1. The monoisotopic (exact) mass is 345 g/mol. The molecule has 0 aliphatic heterocycles. The number of nitrogens with zero attached hydrogens (tertiary/aromatic N) is 1. The zero-order chi connectivity index (χ0) is 17.7. The van der Waals surface area contributed by atoms with E-state index in [2.05, 4.69) is 15.6 Å². The Kier molecular flexibility index (Phi) is 5.72. The zero-order valence-corrected chi connectivity index (χ0v) is 15.3. The van der Waals surface area contributed by atoms with Crippen LogP contribution in [0.4, 0.5) is 5.69 Å². The lowest BCUT2D eigenvalue weighted by molar-refractivity contribution is -0.128. The molecule has 0 bridgehead atoms. The Bertz CT molecular complexity index is 732. The summed E-state index contributed by atoms with van der Waals surface area (Å²) in [6.07, 6.45) is 0.698. The minimum absolute atomic E-state index is 0.0426. The smallest absolute Gasteiger partial charge is 0.225 e. The first-order valence-electron chi connectivity index (χ1n) is 7.86. The molecule has 0 saturated heterocycles. The fourth-order valence-electron chi connectivity index (χ4n) is 2.06. The van der Waals surface area contributed by atoms with Crippen molar-refractivity contribution >= 4 is 28.8 Å². The van der Waals surface area contributed by atoms with Crippen LogP contribution in [0.3, 0.4) is 0 Å². The van der Waals surface area contributed by atoms with Gasteiger partial charge in [0.2, 0.25) is 11.8 Å². The van der Waals surface area contributed by atoms with Gasteiger partial charge in [-0.25, -0.2) is 4.98 Å². The molecule has 1 heterocycles. The van der Waals surface area contributed by atoms with E-state index >= 15 is 0 Å². The maximum atomic E-state index is 11.8. The minimum atomic E-state index is -0.378. The molecule has 0 atom stereocenters. The van der Waals surface area contributed by atoms with Crippen molar-refractivity contribution in [1.29, 1.82) is 0 Å². The maximum Gasteiger partial charge on any atom is 0.225 e. The van der Waals surface area contributed by atoms with Gasteiger partial charge >= 0.3 is 0 Å². The highest BCUT2D eigenvalue weighted by molar-refractivity contribution is 7.13. The summed E-state index contributed by atoms with van der Waals surface area (Å²) in [5.41, 5.74) is 2.30. The molecule has 6 heteroatoms. The van der Waals surface area contributed by atoms with Crippen molar-refractivity contribution in [1.82, 2.24) is 10.3 Å². The van der Waals surface area contributed by atoms with Crippen LogP contribution in [0.5, 0.6) is 0 Å². The van der Waals surface area contributed by atoms with E-state index in [1.54, 1.807) is 11.3 Å². The van der Waals surface area contributed by atoms with Crippen LogP contribution in [-0.4, -0.2) is 23.3 Å². The minimum Gasteiger partial charge on any atom is -0.355 e. The average molecular weight is 345 g/mol. The van der Waals surface area contributed by atoms with Gasteiger partial charge in [0.05, 0.1) is 5.69 Å². The Hall–Kier alpha value is -2.21. The number of rotatable bonds is 5. The molecule has 5 nitrogen and oxygen atoms in total. The average Bonchev–Trinajstić information content (AvgIpc) is 2.94. The summed E-state index contributed by atoms with van der Waals surface area (Å²) in [6, 6.07) is 7.62. The highest BCUT2D eigenvalue weighted by Gasteiger charge is 2.20. The molecule has 2 rings (SSSR count). The van der Waals surface area contributed by atoms with Gasteiger partial charge in [-0.05, 0) is 12.1 Å². The molecule has 0 radical (unpaired) electrons. The highest BCUT2D eigenvalue weighted by Crippen LogP contribution is 2.26. The summed E-state index contributed by atoms with van der Waals surface area (Å²) >= 11 is 1.56. The molecule has 1 aromatic carbocycles. The molecule has 0 fully saturated rings. The van der Waals surface area contributed by atoms with Crippen molar-refractivity contribution in [2.24, 2.45) is 5.41 Å². The van der Waals surface area contributed by atoms with E-state index in [0.29, 0.717) is 13.0 Å². The topological polar surface area (TPSA) is 71.1 Å². The van der Waals surface area contributed by atoms with Crippen molar-refractivity contribution in [3.63, 3.8) is 0 Å². The van der Waals surface area contributed by atoms with Gasteiger partial charge in [-0.1, -0.05) is 32.9 Å². The summed E-state index contributed by atoms with van der Waals surface area (Å²) in [6.45, 7) is 7.74. The molecular formula is C18H23N3O2S. The van der Waals surface area contributed by atoms with Gasteiger partial charge in [0, 0.05) is 41.9 Å². The number of aromatic nitrogens is 1. The van der Waals surface area contributed by atoms with Crippen LogP contribution < -0.4 is 10.6 Å². The molecule has 0 aliphatic rings. The predicted octanol–water partition coefficient (Wildman–Crippen LogP) is 3.47. The molecule has 0 unspecified atom stereocenters. The third-order valence-electron chi connectivity index (χ3n) is 3.33. The number of thiazole rings is 1. The van der Waals surface area contributed by atoms with Crippen LogP contribution in [0.2, 0.25) is 0 Å². The summed E-state index contributed by atoms with van der Waals surface area (Å²) in [5.74, 6) is -0.0532. The van der Waals surface area contributed by atoms with E-state index in [9.17, 15) is 9.59 Å². The quantitative estimate of drug-likeness (QED) is 0.871. The highest BCUT2D eigenvalue weighted by atomic mass is 32.1. The Labute approximate surface area is 146 Å². The normalized spacial score (nSPS) is 11.2. The summed E-state index contributed by atoms with van der Waals surface area (Å²) in [7, 11) is 0. The van der Waals surface area contributed by atoms with Crippen LogP contribution in [0.1, 0.15) is 33.4 Å². The summed E-state index contributed by atoms with van der Waals surface area (Å²) in [4.78, 5) is 27.6. The van der Waals surface area contributed by atoms with Gasteiger partial charge in [-0.15, -0.1) is 11.3 Å². The largest absolute Gasteiger partial charge is 0.355 e. The molecule has 2 aromatic rings. The number of benzene rings is 1. The number of carbonyl (C=O) groups excluding carboxylic acids is 2. The molecule has 1 aromatic heterocycles. The van der Waals surface area contributed by atoms with E-state index in [1.807, 2.05) is 50.4 Å². The van der Waals surface area contributed by atoms with Crippen LogP contribution in [0.25, 0.3) is 10.6 Å². The SMILES string of the molecule is CC(=O)Nc1cccc(-c2nc(CCNC(=O)C(C)(C)C)cs2)c1. The van der Waals surface area contributed by atoms with Crippen molar-refractivity contribution < 1.29 is 9.59 Å². The second-order valence-corrected chi connectivity index (χ2v) is 7.52. The van der Waals surface area contributed by atoms with Crippen molar-refractivity contribution in [2.45, 2.75) is 34.1 Å². The molecule has 24 heavy (non-hydrogen) atoms. The summed E-state index contributed by atoms with van der Waals surface area (Å²) in [5, 5.41) is 8.61. The molecule has 2 N–H and O–H groups in total. The Morgan fingerprint density at radius 1 is 1.25 bits per heavy atom. The second-order valence-electron chi connectivity index (χ2n) is 6.66. The zero-order valence-electron chi connectivity index (χ0n) is 14.5. The van der Waals surface area contributed by atoms with Crippen LogP contribution in [-0.2, 0) is 16.0 Å². The first-order valence-corrected chi connectivity index (χ1v) is 8.74. The van der Waals surface area contributed by atoms with E-state index in [4.69, 9.17) is 0 Å². The Balaban J connectivity index is 1.98. The van der Waals surface area contributed by atoms with Crippen LogP contribution in [0.15, 0.2) is 29.6 Å². The number of nitrogens with one attached hydrogen (secondary N) is 2.